The monoisotopic (exact) mass is 499 g/mol. The quantitative estimate of drug-likeness (QED) is 0.337. The Kier molecular flexibility index (Phi) is 5.73. The number of carbonyl (C=O) groups is 1. The normalized spacial score (nSPS) is 17.2. The average molecular weight is 500 g/mol. The zero-order chi connectivity index (χ0) is 24.6. The number of ether oxygens (including phenoxy) is 1. The van der Waals surface area contributed by atoms with Gasteiger partial charge >= 0.3 is 0 Å². The van der Waals surface area contributed by atoms with Crippen LogP contribution in [0.3, 0.4) is 0 Å². The first-order valence-corrected chi connectivity index (χ1v) is 12.8. The molecule has 1 aliphatic carbocycles. The second-order valence-electron chi connectivity index (χ2n) is 8.85. The molecule has 36 heavy (non-hydrogen) atoms. The number of H-pyrrole nitrogens is 1. The smallest absolute Gasteiger partial charge is 0.287 e. The zero-order valence-corrected chi connectivity index (χ0v) is 20.7. The van der Waals surface area contributed by atoms with Gasteiger partial charge in [0, 0.05) is 16.8 Å². The van der Waals surface area contributed by atoms with Crippen LogP contribution in [0.5, 0.6) is 5.75 Å². The molecule has 0 radical (unpaired) electrons. The summed E-state index contributed by atoms with van der Waals surface area (Å²) in [5, 5.41) is 13.2. The third kappa shape index (κ3) is 4.13. The molecule has 0 saturated heterocycles. The summed E-state index contributed by atoms with van der Waals surface area (Å²) >= 11 is 1.69. The van der Waals surface area contributed by atoms with Crippen molar-refractivity contribution in [1.29, 1.82) is 0 Å². The molecular weight excluding hydrogens is 474 g/mol. The minimum Gasteiger partial charge on any atom is -0.492 e. The third-order valence-corrected chi connectivity index (χ3v) is 7.34. The van der Waals surface area contributed by atoms with Gasteiger partial charge in [-0.15, -0.1) is 21.5 Å². The largest absolute Gasteiger partial charge is 0.492 e. The van der Waals surface area contributed by atoms with E-state index in [0.717, 1.165) is 46.1 Å². The molecule has 182 valence electrons. The van der Waals surface area contributed by atoms with Gasteiger partial charge in [0.15, 0.2) is 11.6 Å². The number of aromatic amines is 1. The Morgan fingerprint density at radius 2 is 2.03 bits per heavy atom. The van der Waals surface area contributed by atoms with Crippen molar-refractivity contribution in [2.45, 2.75) is 38.6 Å². The van der Waals surface area contributed by atoms with E-state index in [1.54, 1.807) is 17.5 Å². The Morgan fingerprint density at radius 3 is 2.75 bits per heavy atom. The van der Waals surface area contributed by atoms with E-state index in [2.05, 4.69) is 54.1 Å². The number of para-hydroxylation sites is 2. The lowest BCUT2D eigenvalue weighted by Crippen LogP contribution is -2.44. The number of pyridine rings is 1. The lowest BCUT2D eigenvalue weighted by Gasteiger charge is -2.35. The number of carbonyl (C=O) groups excluding carboxylic acids is 1. The van der Waals surface area contributed by atoms with Gasteiger partial charge in [-0.1, -0.05) is 12.1 Å². The van der Waals surface area contributed by atoms with Crippen LogP contribution in [-0.2, 0) is 0 Å². The van der Waals surface area contributed by atoms with Gasteiger partial charge in [0.2, 0.25) is 0 Å². The molecule has 4 heterocycles. The molecule has 1 saturated carbocycles. The van der Waals surface area contributed by atoms with Crippen molar-refractivity contribution in [2.24, 2.45) is 0 Å². The molecule has 5 aromatic rings. The summed E-state index contributed by atoms with van der Waals surface area (Å²) in [5.41, 5.74) is 2.37. The third-order valence-electron chi connectivity index (χ3n) is 6.35. The highest BCUT2D eigenvalue weighted by Crippen LogP contribution is 2.39. The molecule has 0 spiro atoms. The molecule has 0 aliphatic heterocycles. The Bertz CT molecular complexity index is 1500. The Morgan fingerprint density at radius 1 is 1.17 bits per heavy atom. The summed E-state index contributed by atoms with van der Waals surface area (Å²) < 4.78 is 7.63. The van der Waals surface area contributed by atoms with Crippen LogP contribution < -0.4 is 10.1 Å². The van der Waals surface area contributed by atoms with E-state index < -0.39 is 0 Å². The lowest BCUT2D eigenvalue weighted by molar-refractivity contribution is 0.0897. The predicted molar refractivity (Wildman–Crippen MR) is 138 cm³/mol. The summed E-state index contributed by atoms with van der Waals surface area (Å²) in [5.74, 6) is 2.63. The van der Waals surface area contributed by atoms with E-state index in [1.165, 1.54) is 4.88 Å². The number of benzene rings is 1. The highest BCUT2D eigenvalue weighted by atomic mass is 32.1. The number of imidazole rings is 1. The van der Waals surface area contributed by atoms with E-state index in [0.29, 0.717) is 18.3 Å². The molecule has 1 aromatic carbocycles. The Balaban J connectivity index is 1.22. The van der Waals surface area contributed by atoms with Crippen LogP contribution in [0.25, 0.3) is 27.6 Å². The number of rotatable bonds is 7. The molecule has 0 unspecified atom stereocenters. The maximum atomic E-state index is 12.8. The molecule has 1 amide bonds. The summed E-state index contributed by atoms with van der Waals surface area (Å²) in [6, 6.07) is 15.7. The number of nitrogens with one attached hydrogen (secondary N) is 2. The maximum Gasteiger partial charge on any atom is 0.287 e. The van der Waals surface area contributed by atoms with E-state index in [1.807, 2.05) is 43.3 Å². The number of thiophene rings is 1. The Labute approximate surface area is 211 Å². The first kappa shape index (κ1) is 22.4. The van der Waals surface area contributed by atoms with Crippen molar-refractivity contribution < 1.29 is 9.53 Å². The van der Waals surface area contributed by atoms with Gasteiger partial charge in [0.05, 0.1) is 23.8 Å². The predicted octanol–water partition coefficient (Wildman–Crippen LogP) is 4.65. The van der Waals surface area contributed by atoms with Gasteiger partial charge < -0.3 is 15.0 Å². The number of fused-ring (bicyclic) bond motifs is 1. The fourth-order valence-electron chi connectivity index (χ4n) is 4.51. The van der Waals surface area contributed by atoms with Crippen molar-refractivity contribution in [3.63, 3.8) is 0 Å². The maximum absolute atomic E-state index is 12.8. The van der Waals surface area contributed by atoms with Gasteiger partial charge in [0.1, 0.15) is 22.3 Å². The van der Waals surface area contributed by atoms with Crippen LogP contribution in [-0.4, -0.2) is 48.3 Å². The van der Waals surface area contributed by atoms with Crippen LogP contribution in [0, 0.1) is 6.92 Å². The first-order valence-electron chi connectivity index (χ1n) is 12.0. The molecule has 0 bridgehead atoms. The second-order valence-corrected chi connectivity index (χ2v) is 10.1. The number of amides is 1. The molecule has 1 fully saturated rings. The average Bonchev–Trinajstić information content (AvgIpc) is 3.59. The minimum atomic E-state index is -0.190. The van der Waals surface area contributed by atoms with Crippen molar-refractivity contribution in [1.82, 2.24) is 35.0 Å². The molecule has 4 aromatic heterocycles. The van der Waals surface area contributed by atoms with Gasteiger partial charge in [-0.05, 0) is 63.1 Å². The van der Waals surface area contributed by atoms with Crippen LogP contribution in [0.1, 0.15) is 47.0 Å². The van der Waals surface area contributed by atoms with Crippen molar-refractivity contribution >= 4 is 28.3 Å². The first-order chi connectivity index (χ1) is 17.6. The van der Waals surface area contributed by atoms with Crippen molar-refractivity contribution in [2.75, 3.05) is 6.61 Å². The SMILES string of the molecule is CCOc1ccc(-c2nnc(C3CC(NC(=O)c4nc5ccccc5[nH]4)C3)n2-c2ccc(C)s2)nc1. The fourth-order valence-corrected chi connectivity index (χ4v) is 5.38. The topological polar surface area (TPSA) is 111 Å². The number of aryl methyl sites for hydroxylation is 1. The number of aromatic nitrogens is 6. The lowest BCUT2D eigenvalue weighted by atomic mass is 9.79. The van der Waals surface area contributed by atoms with Gasteiger partial charge in [-0.2, -0.15) is 0 Å². The van der Waals surface area contributed by atoms with E-state index in [-0.39, 0.29) is 17.9 Å². The van der Waals surface area contributed by atoms with Crippen molar-refractivity contribution in [3.8, 4) is 22.3 Å². The fraction of sp³-hybridized carbons (Fsp3) is 0.269. The number of hydrogen-bond acceptors (Lipinski definition) is 7. The standard InChI is InChI=1S/C26H25N7O2S/c1-3-35-18-9-10-21(27-14-18)25-32-31-24(33(25)22-11-8-15(2)36-22)16-12-17(13-16)28-26(34)23-29-19-6-4-5-7-20(19)30-23/h4-11,14,16-17H,3,12-13H2,1-2H3,(H,28,34)(H,29,30). The summed E-state index contributed by atoms with van der Waals surface area (Å²) in [6.07, 6.45) is 3.28. The summed E-state index contributed by atoms with van der Waals surface area (Å²) in [6.45, 7) is 4.62. The van der Waals surface area contributed by atoms with Crippen LogP contribution in [0.4, 0.5) is 0 Å². The molecule has 0 atom stereocenters. The molecule has 1 aliphatic rings. The molecular formula is C26H25N7O2S. The van der Waals surface area contributed by atoms with Crippen LogP contribution >= 0.6 is 11.3 Å². The van der Waals surface area contributed by atoms with E-state index >= 15 is 0 Å². The van der Waals surface area contributed by atoms with Gasteiger partial charge in [-0.25, -0.2) is 9.97 Å². The molecule has 10 heteroatoms. The highest BCUT2D eigenvalue weighted by Gasteiger charge is 2.36. The highest BCUT2D eigenvalue weighted by molar-refractivity contribution is 7.14. The van der Waals surface area contributed by atoms with Gasteiger partial charge in [-0.3, -0.25) is 9.36 Å². The van der Waals surface area contributed by atoms with Crippen molar-refractivity contribution in [3.05, 3.63) is 71.3 Å². The molecule has 6 rings (SSSR count). The van der Waals surface area contributed by atoms with Crippen LogP contribution in [0.2, 0.25) is 0 Å². The second kappa shape index (κ2) is 9.19. The Hall–Kier alpha value is -4.05. The van der Waals surface area contributed by atoms with E-state index in [9.17, 15) is 4.79 Å². The number of nitrogens with zero attached hydrogens (tertiary/aromatic N) is 5. The summed E-state index contributed by atoms with van der Waals surface area (Å²) in [4.78, 5) is 26.0. The van der Waals surface area contributed by atoms with Crippen LogP contribution in [0.15, 0.2) is 54.7 Å². The van der Waals surface area contributed by atoms with E-state index in [4.69, 9.17) is 4.74 Å². The molecule has 2 N–H and O–H groups in total. The minimum absolute atomic E-state index is 0.0537. The summed E-state index contributed by atoms with van der Waals surface area (Å²) in [7, 11) is 0. The van der Waals surface area contributed by atoms with Gasteiger partial charge in [0.25, 0.3) is 5.91 Å². The zero-order valence-electron chi connectivity index (χ0n) is 19.9. The molecule has 9 nitrogen and oxygen atoms in total. The number of hydrogen-bond donors (Lipinski definition) is 2.